The van der Waals surface area contributed by atoms with Crippen LogP contribution < -0.4 is 11.1 Å². The van der Waals surface area contributed by atoms with Crippen molar-refractivity contribution >= 4 is 28.3 Å². The summed E-state index contributed by atoms with van der Waals surface area (Å²) in [7, 11) is 0. The largest absolute Gasteiger partial charge is 0.481 e. The Bertz CT molecular complexity index is 479. The van der Waals surface area contributed by atoms with E-state index in [0.29, 0.717) is 17.2 Å². The molecule has 0 saturated carbocycles. The molecule has 112 valence electrons. The molecule has 1 unspecified atom stereocenters. The number of nitrogen functional groups attached to an aromatic ring is 1. The molecule has 0 aliphatic carbocycles. The van der Waals surface area contributed by atoms with E-state index in [9.17, 15) is 9.59 Å². The van der Waals surface area contributed by atoms with Crippen LogP contribution in [0.4, 0.5) is 5.13 Å². The highest BCUT2D eigenvalue weighted by Crippen LogP contribution is 2.24. The molecule has 0 radical (unpaired) electrons. The summed E-state index contributed by atoms with van der Waals surface area (Å²) in [4.78, 5) is 26.9. The molecule has 0 spiro atoms. The summed E-state index contributed by atoms with van der Waals surface area (Å²) >= 11 is 1.28. The zero-order chi connectivity index (χ0) is 15.3. The lowest BCUT2D eigenvalue weighted by atomic mass is 9.84. The summed E-state index contributed by atoms with van der Waals surface area (Å²) < 4.78 is 0. The topological polar surface area (TPSA) is 105 Å². The molecule has 1 rings (SSSR count). The summed E-state index contributed by atoms with van der Waals surface area (Å²) in [6, 6.07) is 0. The maximum atomic E-state index is 11.7. The second-order valence-corrected chi connectivity index (χ2v) is 6.85. The number of nitrogens with two attached hydrogens (primary N) is 1. The minimum absolute atomic E-state index is 0.100. The zero-order valence-corrected chi connectivity index (χ0v) is 12.8. The number of hydrogen-bond acceptors (Lipinski definition) is 5. The van der Waals surface area contributed by atoms with Crippen LogP contribution >= 0.6 is 11.3 Å². The van der Waals surface area contributed by atoms with Crippen molar-refractivity contribution in [3.05, 3.63) is 11.1 Å². The third-order valence-electron chi connectivity index (χ3n) is 2.66. The number of hydrogen-bond donors (Lipinski definition) is 3. The van der Waals surface area contributed by atoms with Gasteiger partial charge in [-0.3, -0.25) is 9.59 Å². The van der Waals surface area contributed by atoms with Gasteiger partial charge in [0.15, 0.2) is 5.13 Å². The number of thiazole rings is 1. The van der Waals surface area contributed by atoms with Gasteiger partial charge in [-0.1, -0.05) is 20.8 Å². The van der Waals surface area contributed by atoms with E-state index >= 15 is 0 Å². The van der Waals surface area contributed by atoms with Crippen molar-refractivity contribution in [3.8, 4) is 0 Å². The van der Waals surface area contributed by atoms with Gasteiger partial charge in [-0.25, -0.2) is 4.98 Å². The second-order valence-electron chi connectivity index (χ2n) is 5.96. The average molecular weight is 299 g/mol. The summed E-state index contributed by atoms with van der Waals surface area (Å²) in [5.74, 6) is -1.71. The third kappa shape index (κ3) is 6.01. The van der Waals surface area contributed by atoms with Gasteiger partial charge in [-0.15, -0.1) is 11.3 Å². The first-order valence-corrected chi connectivity index (χ1v) is 7.25. The second kappa shape index (κ2) is 6.69. The molecule has 7 heteroatoms. The van der Waals surface area contributed by atoms with Crippen molar-refractivity contribution < 1.29 is 14.7 Å². The van der Waals surface area contributed by atoms with Gasteiger partial charge < -0.3 is 16.2 Å². The van der Waals surface area contributed by atoms with Crippen LogP contribution in [0.5, 0.6) is 0 Å². The van der Waals surface area contributed by atoms with E-state index in [1.807, 2.05) is 20.8 Å². The number of carbonyl (C=O) groups is 2. The van der Waals surface area contributed by atoms with Gasteiger partial charge in [0, 0.05) is 11.9 Å². The van der Waals surface area contributed by atoms with Gasteiger partial charge >= 0.3 is 5.97 Å². The van der Waals surface area contributed by atoms with Crippen LogP contribution in [0.2, 0.25) is 0 Å². The molecular weight excluding hydrogens is 278 g/mol. The predicted octanol–water partition coefficient (Wildman–Crippen LogP) is 1.52. The molecule has 1 amide bonds. The van der Waals surface area contributed by atoms with Crippen LogP contribution in [0.25, 0.3) is 0 Å². The van der Waals surface area contributed by atoms with Crippen LogP contribution in [0.1, 0.15) is 32.9 Å². The fourth-order valence-corrected chi connectivity index (χ4v) is 2.42. The van der Waals surface area contributed by atoms with Crippen molar-refractivity contribution in [2.24, 2.45) is 11.3 Å². The number of anilines is 1. The van der Waals surface area contributed by atoms with Crippen LogP contribution in [0.3, 0.4) is 0 Å². The monoisotopic (exact) mass is 299 g/mol. The quantitative estimate of drug-likeness (QED) is 0.738. The first kappa shape index (κ1) is 16.4. The summed E-state index contributed by atoms with van der Waals surface area (Å²) in [5.41, 5.74) is 5.99. The van der Waals surface area contributed by atoms with Crippen LogP contribution in [0.15, 0.2) is 5.38 Å². The number of aliphatic carboxylic acids is 1. The number of nitrogens with one attached hydrogen (secondary N) is 1. The maximum Gasteiger partial charge on any atom is 0.308 e. The van der Waals surface area contributed by atoms with Gasteiger partial charge in [0.2, 0.25) is 5.91 Å². The van der Waals surface area contributed by atoms with E-state index < -0.39 is 11.9 Å². The molecule has 0 aliphatic rings. The minimum atomic E-state index is -0.891. The van der Waals surface area contributed by atoms with Crippen molar-refractivity contribution in [3.63, 3.8) is 0 Å². The summed E-state index contributed by atoms with van der Waals surface area (Å²) in [6.07, 6.45) is 0.627. The zero-order valence-electron chi connectivity index (χ0n) is 12.0. The third-order valence-corrected chi connectivity index (χ3v) is 3.39. The van der Waals surface area contributed by atoms with Gasteiger partial charge in [-0.2, -0.15) is 0 Å². The van der Waals surface area contributed by atoms with Crippen LogP contribution in [-0.2, 0) is 16.0 Å². The summed E-state index contributed by atoms with van der Waals surface area (Å²) in [5, 5.41) is 14.0. The lowest BCUT2D eigenvalue weighted by molar-refractivity contribution is -0.142. The van der Waals surface area contributed by atoms with Crippen molar-refractivity contribution in [1.29, 1.82) is 0 Å². The van der Waals surface area contributed by atoms with Crippen LogP contribution in [-0.4, -0.2) is 28.5 Å². The number of amides is 1. The highest BCUT2D eigenvalue weighted by Gasteiger charge is 2.25. The molecule has 20 heavy (non-hydrogen) atoms. The Kier molecular flexibility index (Phi) is 5.50. The number of rotatable bonds is 6. The molecule has 0 fully saturated rings. The SMILES string of the molecule is CC(C)(C)CC(CNC(=O)Cc1csc(N)n1)C(=O)O. The van der Waals surface area contributed by atoms with Crippen molar-refractivity contribution in [2.45, 2.75) is 33.6 Å². The summed E-state index contributed by atoms with van der Waals surface area (Å²) in [6.45, 7) is 6.06. The number of carboxylic acids is 1. The Morgan fingerprint density at radius 2 is 2.15 bits per heavy atom. The Labute approximate surface area is 122 Å². The van der Waals surface area contributed by atoms with Crippen molar-refractivity contribution in [1.82, 2.24) is 10.3 Å². The molecule has 1 heterocycles. The first-order chi connectivity index (χ1) is 9.17. The predicted molar refractivity (Wildman–Crippen MR) is 78.4 cm³/mol. The molecule has 0 bridgehead atoms. The standard InChI is InChI=1S/C13H21N3O3S/c1-13(2,3)5-8(11(18)19)6-15-10(17)4-9-7-20-12(14)16-9/h7-8H,4-6H2,1-3H3,(H2,14,16)(H,15,17)(H,18,19). The van der Waals surface area contributed by atoms with E-state index in [1.165, 1.54) is 11.3 Å². The number of aromatic nitrogens is 1. The Balaban J connectivity index is 2.46. The highest BCUT2D eigenvalue weighted by atomic mass is 32.1. The molecule has 1 atom stereocenters. The Hall–Kier alpha value is -1.63. The molecule has 1 aromatic heterocycles. The Morgan fingerprint density at radius 1 is 1.50 bits per heavy atom. The van der Waals surface area contributed by atoms with E-state index in [0.717, 1.165) is 0 Å². The number of carbonyl (C=O) groups excluding carboxylic acids is 1. The lowest BCUT2D eigenvalue weighted by Crippen LogP contribution is -2.35. The van der Waals surface area contributed by atoms with E-state index in [4.69, 9.17) is 10.8 Å². The van der Waals surface area contributed by atoms with Gasteiger partial charge in [0.25, 0.3) is 0 Å². The van der Waals surface area contributed by atoms with E-state index in [-0.39, 0.29) is 24.3 Å². The highest BCUT2D eigenvalue weighted by molar-refractivity contribution is 7.13. The van der Waals surface area contributed by atoms with Crippen molar-refractivity contribution in [2.75, 3.05) is 12.3 Å². The normalized spacial score (nSPS) is 12.9. The van der Waals surface area contributed by atoms with Gasteiger partial charge in [-0.05, 0) is 11.8 Å². The maximum absolute atomic E-state index is 11.7. The minimum Gasteiger partial charge on any atom is -0.481 e. The average Bonchev–Trinajstić information content (AvgIpc) is 2.68. The first-order valence-electron chi connectivity index (χ1n) is 6.37. The molecule has 1 aromatic rings. The number of nitrogens with zero attached hydrogens (tertiary/aromatic N) is 1. The molecule has 0 aromatic carbocycles. The molecule has 0 saturated heterocycles. The molecular formula is C13H21N3O3S. The molecule has 4 N–H and O–H groups in total. The van der Waals surface area contributed by atoms with E-state index in [2.05, 4.69) is 10.3 Å². The fourth-order valence-electron chi connectivity index (χ4n) is 1.85. The Morgan fingerprint density at radius 3 is 2.60 bits per heavy atom. The van der Waals surface area contributed by atoms with Gasteiger partial charge in [0.05, 0.1) is 18.0 Å². The lowest BCUT2D eigenvalue weighted by Gasteiger charge is -2.23. The van der Waals surface area contributed by atoms with Crippen LogP contribution in [0, 0.1) is 11.3 Å². The van der Waals surface area contributed by atoms with Gasteiger partial charge in [0.1, 0.15) is 0 Å². The smallest absolute Gasteiger partial charge is 0.308 e. The molecule has 6 nitrogen and oxygen atoms in total. The number of carboxylic acid groups (broad SMARTS) is 1. The van der Waals surface area contributed by atoms with E-state index in [1.54, 1.807) is 5.38 Å². The fraction of sp³-hybridized carbons (Fsp3) is 0.615. The molecule has 0 aliphatic heterocycles.